The zero-order valence-corrected chi connectivity index (χ0v) is 12.5. The average Bonchev–Trinajstić information content (AvgIpc) is 2.94. The summed E-state index contributed by atoms with van der Waals surface area (Å²) in [4.78, 5) is 13.9. The van der Waals surface area contributed by atoms with Gasteiger partial charge in [-0.3, -0.25) is 5.32 Å². The van der Waals surface area contributed by atoms with E-state index < -0.39 is 0 Å². The number of piperidine rings is 1. The molecule has 1 fully saturated rings. The van der Waals surface area contributed by atoms with Crippen LogP contribution in [0.1, 0.15) is 18.6 Å². The van der Waals surface area contributed by atoms with Gasteiger partial charge in [0.25, 0.3) is 0 Å². The number of hydrogen-bond donors (Lipinski definition) is 1. The normalized spacial score (nSPS) is 15.6. The number of likely N-dealkylation sites (tertiary alicyclic amines) is 1. The number of benzene rings is 1. The highest BCUT2D eigenvalue weighted by atomic mass is 16.5. The SMILES string of the molecule is Cc1cc(NC(=O)N2CCC(Oc3ccccc3)CC2)no1. The van der Waals surface area contributed by atoms with E-state index in [-0.39, 0.29) is 12.1 Å². The van der Waals surface area contributed by atoms with Crippen LogP contribution in [0, 0.1) is 6.92 Å². The van der Waals surface area contributed by atoms with Crippen LogP contribution >= 0.6 is 0 Å². The van der Waals surface area contributed by atoms with Crippen molar-refractivity contribution in [3.8, 4) is 5.75 Å². The number of ether oxygens (including phenoxy) is 1. The van der Waals surface area contributed by atoms with E-state index in [1.165, 1.54) is 0 Å². The molecule has 1 aliphatic heterocycles. The van der Waals surface area contributed by atoms with Gasteiger partial charge in [-0.05, 0) is 19.1 Å². The molecule has 0 unspecified atom stereocenters. The van der Waals surface area contributed by atoms with Gasteiger partial charge >= 0.3 is 6.03 Å². The summed E-state index contributed by atoms with van der Waals surface area (Å²) in [5.74, 6) is 2.00. The Morgan fingerprint density at radius 2 is 2.05 bits per heavy atom. The Hall–Kier alpha value is -2.50. The van der Waals surface area contributed by atoms with Gasteiger partial charge in [0.05, 0.1) is 0 Å². The van der Waals surface area contributed by atoms with Crippen LogP contribution in [0.4, 0.5) is 10.6 Å². The lowest BCUT2D eigenvalue weighted by atomic mass is 10.1. The second-order valence-corrected chi connectivity index (χ2v) is 5.37. The van der Waals surface area contributed by atoms with Crippen LogP contribution < -0.4 is 10.1 Å². The number of carbonyl (C=O) groups is 1. The Balaban J connectivity index is 1.48. The quantitative estimate of drug-likeness (QED) is 0.946. The number of hydrogen-bond acceptors (Lipinski definition) is 4. The third-order valence-electron chi connectivity index (χ3n) is 3.64. The standard InChI is InChI=1S/C16H19N3O3/c1-12-11-15(18-22-12)17-16(20)19-9-7-14(8-10-19)21-13-5-3-2-4-6-13/h2-6,11,14H,7-10H2,1H3,(H,17,18,20). The molecule has 0 spiro atoms. The van der Waals surface area contributed by atoms with Crippen molar-refractivity contribution < 1.29 is 14.1 Å². The smallest absolute Gasteiger partial charge is 0.323 e. The third-order valence-corrected chi connectivity index (χ3v) is 3.64. The van der Waals surface area contributed by atoms with Gasteiger partial charge in [-0.1, -0.05) is 23.4 Å². The highest BCUT2D eigenvalue weighted by Crippen LogP contribution is 2.19. The number of rotatable bonds is 3. The van der Waals surface area contributed by atoms with E-state index in [1.807, 2.05) is 30.3 Å². The Bertz CT molecular complexity index is 619. The van der Waals surface area contributed by atoms with Crippen LogP contribution in [0.25, 0.3) is 0 Å². The molecular weight excluding hydrogens is 282 g/mol. The molecule has 1 aromatic carbocycles. The first-order valence-electron chi connectivity index (χ1n) is 7.41. The monoisotopic (exact) mass is 301 g/mol. The lowest BCUT2D eigenvalue weighted by Crippen LogP contribution is -2.43. The highest BCUT2D eigenvalue weighted by molar-refractivity contribution is 5.88. The summed E-state index contributed by atoms with van der Waals surface area (Å²) in [6, 6.07) is 11.3. The molecule has 2 heterocycles. The molecule has 2 amide bonds. The topological polar surface area (TPSA) is 67.6 Å². The van der Waals surface area contributed by atoms with Gasteiger partial charge in [0.2, 0.25) is 0 Å². The zero-order chi connectivity index (χ0) is 15.4. The van der Waals surface area contributed by atoms with E-state index in [9.17, 15) is 4.79 Å². The van der Waals surface area contributed by atoms with Crippen molar-refractivity contribution in [2.75, 3.05) is 18.4 Å². The molecule has 0 radical (unpaired) electrons. The van der Waals surface area contributed by atoms with E-state index in [1.54, 1.807) is 17.9 Å². The first kappa shape index (κ1) is 14.4. The molecule has 1 saturated heterocycles. The molecule has 1 aliphatic rings. The van der Waals surface area contributed by atoms with Gasteiger partial charge < -0.3 is 14.2 Å². The fraction of sp³-hybridized carbons (Fsp3) is 0.375. The van der Waals surface area contributed by atoms with Gasteiger partial charge in [-0.25, -0.2) is 4.79 Å². The van der Waals surface area contributed by atoms with Gasteiger partial charge in [0.15, 0.2) is 5.82 Å². The molecular formula is C16H19N3O3. The number of para-hydroxylation sites is 1. The third kappa shape index (κ3) is 3.58. The number of aryl methyl sites for hydroxylation is 1. The first-order chi connectivity index (χ1) is 10.7. The summed E-state index contributed by atoms with van der Waals surface area (Å²) in [6.07, 6.45) is 1.79. The molecule has 1 aromatic heterocycles. The van der Waals surface area contributed by atoms with Gasteiger partial charge in [0, 0.05) is 32.0 Å². The minimum atomic E-state index is -0.147. The van der Waals surface area contributed by atoms with Gasteiger partial charge in [-0.2, -0.15) is 0 Å². The van der Waals surface area contributed by atoms with Crippen molar-refractivity contribution in [1.29, 1.82) is 0 Å². The largest absolute Gasteiger partial charge is 0.490 e. The number of nitrogens with one attached hydrogen (secondary N) is 1. The maximum atomic E-state index is 12.1. The number of anilines is 1. The number of carbonyl (C=O) groups excluding carboxylic acids is 1. The average molecular weight is 301 g/mol. The second kappa shape index (κ2) is 6.51. The van der Waals surface area contributed by atoms with Crippen molar-refractivity contribution in [2.24, 2.45) is 0 Å². The van der Waals surface area contributed by atoms with E-state index in [2.05, 4.69) is 10.5 Å². The maximum Gasteiger partial charge on any atom is 0.323 e. The van der Waals surface area contributed by atoms with Crippen LogP contribution in [-0.4, -0.2) is 35.3 Å². The molecule has 22 heavy (non-hydrogen) atoms. The fourth-order valence-corrected chi connectivity index (χ4v) is 2.48. The molecule has 6 nitrogen and oxygen atoms in total. The Kier molecular flexibility index (Phi) is 4.27. The molecule has 116 valence electrons. The second-order valence-electron chi connectivity index (χ2n) is 5.37. The van der Waals surface area contributed by atoms with Gasteiger partial charge in [0.1, 0.15) is 17.6 Å². The lowest BCUT2D eigenvalue weighted by molar-refractivity contribution is 0.115. The van der Waals surface area contributed by atoms with Crippen molar-refractivity contribution in [2.45, 2.75) is 25.9 Å². The van der Waals surface area contributed by atoms with E-state index in [0.29, 0.717) is 24.7 Å². The van der Waals surface area contributed by atoms with Crippen LogP contribution in [0.5, 0.6) is 5.75 Å². The number of amides is 2. The van der Waals surface area contributed by atoms with Crippen molar-refractivity contribution >= 4 is 11.8 Å². The fourth-order valence-electron chi connectivity index (χ4n) is 2.48. The Morgan fingerprint density at radius 1 is 1.32 bits per heavy atom. The number of urea groups is 1. The molecule has 0 bridgehead atoms. The van der Waals surface area contributed by atoms with Crippen molar-refractivity contribution in [1.82, 2.24) is 10.1 Å². The molecule has 0 aliphatic carbocycles. The number of aromatic nitrogens is 1. The maximum absolute atomic E-state index is 12.1. The molecule has 2 aromatic rings. The number of nitrogens with zero attached hydrogens (tertiary/aromatic N) is 2. The minimum absolute atomic E-state index is 0.147. The Labute approximate surface area is 129 Å². The van der Waals surface area contributed by atoms with Crippen molar-refractivity contribution in [3.05, 3.63) is 42.2 Å². The van der Waals surface area contributed by atoms with Crippen LogP contribution in [0.15, 0.2) is 40.9 Å². The summed E-state index contributed by atoms with van der Waals surface area (Å²) < 4.78 is 10.9. The predicted molar refractivity (Wildman–Crippen MR) is 81.9 cm³/mol. The molecule has 0 saturated carbocycles. The van der Waals surface area contributed by atoms with E-state index in [4.69, 9.17) is 9.26 Å². The molecule has 3 rings (SSSR count). The van der Waals surface area contributed by atoms with Gasteiger partial charge in [-0.15, -0.1) is 0 Å². The van der Waals surface area contributed by atoms with E-state index >= 15 is 0 Å². The lowest BCUT2D eigenvalue weighted by Gasteiger charge is -2.31. The Morgan fingerprint density at radius 3 is 2.68 bits per heavy atom. The van der Waals surface area contributed by atoms with Crippen molar-refractivity contribution in [3.63, 3.8) is 0 Å². The van der Waals surface area contributed by atoms with Crippen LogP contribution in [0.2, 0.25) is 0 Å². The van der Waals surface area contributed by atoms with Crippen LogP contribution in [-0.2, 0) is 0 Å². The summed E-state index contributed by atoms with van der Waals surface area (Å²) in [6.45, 7) is 3.12. The highest BCUT2D eigenvalue weighted by Gasteiger charge is 2.24. The molecule has 6 heteroatoms. The van der Waals surface area contributed by atoms with Crippen LogP contribution in [0.3, 0.4) is 0 Å². The summed E-state index contributed by atoms with van der Waals surface area (Å²) >= 11 is 0. The first-order valence-corrected chi connectivity index (χ1v) is 7.41. The van der Waals surface area contributed by atoms with E-state index in [0.717, 1.165) is 18.6 Å². The molecule has 1 N–H and O–H groups in total. The zero-order valence-electron chi connectivity index (χ0n) is 12.5. The summed E-state index contributed by atoms with van der Waals surface area (Å²) in [5.41, 5.74) is 0. The summed E-state index contributed by atoms with van der Waals surface area (Å²) in [5, 5.41) is 6.50. The summed E-state index contributed by atoms with van der Waals surface area (Å²) in [7, 11) is 0. The predicted octanol–water partition coefficient (Wildman–Crippen LogP) is 3.06. The minimum Gasteiger partial charge on any atom is -0.490 e. The molecule has 0 atom stereocenters.